The van der Waals surface area contributed by atoms with Crippen molar-refractivity contribution >= 4 is 57.4 Å². The summed E-state index contributed by atoms with van der Waals surface area (Å²) in [6.45, 7) is 1.68. The molecule has 0 atom stereocenters. The van der Waals surface area contributed by atoms with E-state index in [4.69, 9.17) is 16.0 Å². The summed E-state index contributed by atoms with van der Waals surface area (Å²) in [7, 11) is 0. The van der Waals surface area contributed by atoms with Gasteiger partial charge in [0.05, 0.1) is 28.2 Å². The maximum Gasteiger partial charge on any atom is 0.266 e. The van der Waals surface area contributed by atoms with Crippen LogP contribution in [0.15, 0.2) is 65.0 Å². The van der Waals surface area contributed by atoms with Gasteiger partial charge in [-0.15, -0.1) is 0 Å². The molecular weight excluding hydrogens is 483 g/mol. The number of furan rings is 1. The summed E-state index contributed by atoms with van der Waals surface area (Å²) in [6.07, 6.45) is 6.36. The Morgan fingerprint density at radius 1 is 1.19 bits per heavy atom. The Labute approximate surface area is 211 Å². The molecule has 1 aliphatic heterocycles. The van der Waals surface area contributed by atoms with Crippen LogP contribution in [0.25, 0.3) is 17.0 Å². The van der Waals surface area contributed by atoms with Gasteiger partial charge in [-0.1, -0.05) is 11.6 Å². The molecule has 0 bridgehead atoms. The van der Waals surface area contributed by atoms with Crippen molar-refractivity contribution in [1.29, 1.82) is 5.26 Å². The van der Waals surface area contributed by atoms with Crippen molar-refractivity contribution in [2.24, 2.45) is 0 Å². The zero-order chi connectivity index (χ0) is 25.1. The van der Waals surface area contributed by atoms with E-state index >= 15 is 0 Å². The monoisotopic (exact) mass is 502 g/mol. The molecule has 2 aromatic heterocycles. The van der Waals surface area contributed by atoms with E-state index in [0.717, 1.165) is 31.6 Å². The number of rotatable bonds is 6. The summed E-state index contributed by atoms with van der Waals surface area (Å²) < 4.78 is 18.9. The Morgan fingerprint density at radius 3 is 2.75 bits per heavy atom. The maximum atomic E-state index is 13.6. The number of hydrogen-bond acceptors (Lipinski definition) is 7. The molecule has 1 aliphatic rings. The van der Waals surface area contributed by atoms with Crippen molar-refractivity contribution in [3.63, 3.8) is 0 Å². The third-order valence-electron chi connectivity index (χ3n) is 5.82. The molecule has 0 unspecified atom stereocenters. The topological polar surface area (TPSA) is 107 Å². The average molecular weight is 503 g/mol. The van der Waals surface area contributed by atoms with Crippen molar-refractivity contribution in [2.45, 2.75) is 12.8 Å². The van der Waals surface area contributed by atoms with Gasteiger partial charge in [0.2, 0.25) is 0 Å². The van der Waals surface area contributed by atoms with Gasteiger partial charge in [-0.3, -0.25) is 4.79 Å². The minimum Gasteiger partial charge on any atom is -0.465 e. The Balaban J connectivity index is 1.55. The van der Waals surface area contributed by atoms with Crippen molar-refractivity contribution in [3.8, 4) is 6.07 Å². The first kappa shape index (κ1) is 23.3. The van der Waals surface area contributed by atoms with Crippen LogP contribution in [0, 0.1) is 17.1 Å². The Kier molecular flexibility index (Phi) is 6.52. The van der Waals surface area contributed by atoms with Crippen LogP contribution < -0.4 is 15.5 Å². The van der Waals surface area contributed by atoms with Crippen molar-refractivity contribution < 1.29 is 13.6 Å². The molecule has 0 saturated carbocycles. The summed E-state index contributed by atoms with van der Waals surface area (Å²) in [5.74, 6) is -0.230. The van der Waals surface area contributed by atoms with Crippen LogP contribution in [-0.2, 0) is 4.79 Å². The molecular formula is C26H20ClFN6O2. The molecule has 5 rings (SSSR count). The molecule has 8 nitrogen and oxygen atoms in total. The normalized spacial score (nSPS) is 13.6. The number of nitrogens with one attached hydrogen (secondary N) is 2. The van der Waals surface area contributed by atoms with E-state index in [1.807, 2.05) is 12.1 Å². The van der Waals surface area contributed by atoms with Crippen LogP contribution >= 0.6 is 11.6 Å². The molecule has 0 spiro atoms. The van der Waals surface area contributed by atoms with Gasteiger partial charge in [0.1, 0.15) is 35.4 Å². The summed E-state index contributed by atoms with van der Waals surface area (Å²) in [6, 6.07) is 13.2. The number of aromatic nitrogens is 2. The Hall–Kier alpha value is -4.42. The molecule has 0 radical (unpaired) electrons. The fourth-order valence-electron chi connectivity index (χ4n) is 4.08. The number of nitriles is 1. The van der Waals surface area contributed by atoms with Crippen LogP contribution in [0.5, 0.6) is 0 Å². The number of halogens is 2. The highest BCUT2D eigenvalue weighted by Crippen LogP contribution is 2.36. The number of benzene rings is 2. The molecule has 1 saturated heterocycles. The van der Waals surface area contributed by atoms with Gasteiger partial charge in [0.15, 0.2) is 0 Å². The predicted octanol–water partition coefficient (Wildman–Crippen LogP) is 5.90. The molecule has 1 fully saturated rings. The average Bonchev–Trinajstić information content (AvgIpc) is 3.59. The first-order valence-corrected chi connectivity index (χ1v) is 11.6. The SMILES string of the molecule is N#CC(=Cc1ccco1)C(=O)Nc1cc2c(Nc3ccc(F)c(Cl)c3)ncnc2cc1N1CCCC1. The molecule has 4 aromatic rings. The molecule has 1 amide bonds. The zero-order valence-electron chi connectivity index (χ0n) is 19.0. The van der Waals surface area contributed by atoms with Crippen molar-refractivity contribution in [1.82, 2.24) is 9.97 Å². The number of fused-ring (bicyclic) bond motifs is 1. The lowest BCUT2D eigenvalue weighted by molar-refractivity contribution is -0.112. The highest BCUT2D eigenvalue weighted by atomic mass is 35.5. The van der Waals surface area contributed by atoms with E-state index < -0.39 is 11.7 Å². The first-order chi connectivity index (χ1) is 17.5. The van der Waals surface area contributed by atoms with Gasteiger partial charge in [-0.25, -0.2) is 14.4 Å². The first-order valence-electron chi connectivity index (χ1n) is 11.2. The largest absolute Gasteiger partial charge is 0.465 e. The van der Waals surface area contributed by atoms with Gasteiger partial charge in [-0.2, -0.15) is 5.26 Å². The summed E-state index contributed by atoms with van der Waals surface area (Å²) in [5, 5.41) is 16.2. The molecule has 2 aromatic carbocycles. The standard InChI is InChI=1S/C26H20ClFN6O2/c27-20-11-17(5-6-21(20)28)32-25-19-12-23(33-26(35)16(14-29)10-18-4-3-9-36-18)24(34-7-1-2-8-34)13-22(19)30-15-31-25/h3-6,9-13,15H,1-2,7-8H2,(H,33,35)(H,30,31,32). The summed E-state index contributed by atoms with van der Waals surface area (Å²) in [4.78, 5) is 24.0. The minimum atomic E-state index is -0.564. The second-order valence-corrected chi connectivity index (χ2v) is 8.60. The second kappa shape index (κ2) is 10.1. The number of carbonyl (C=O) groups excluding carboxylic acids is 1. The number of amides is 1. The third-order valence-corrected chi connectivity index (χ3v) is 6.11. The van der Waals surface area contributed by atoms with Crippen LogP contribution in [-0.4, -0.2) is 29.0 Å². The Morgan fingerprint density at radius 2 is 2.03 bits per heavy atom. The fourth-order valence-corrected chi connectivity index (χ4v) is 4.26. The van der Waals surface area contributed by atoms with Crippen molar-refractivity contribution in [2.75, 3.05) is 28.6 Å². The van der Waals surface area contributed by atoms with Gasteiger partial charge >= 0.3 is 0 Å². The van der Waals surface area contributed by atoms with E-state index in [1.54, 1.807) is 24.3 Å². The summed E-state index contributed by atoms with van der Waals surface area (Å²) in [5.41, 5.74) is 2.43. The van der Waals surface area contributed by atoms with E-state index in [-0.39, 0.29) is 10.6 Å². The second-order valence-electron chi connectivity index (χ2n) is 8.20. The number of nitrogens with zero attached hydrogens (tertiary/aromatic N) is 4. The van der Waals surface area contributed by atoms with Crippen LogP contribution in [0.1, 0.15) is 18.6 Å². The molecule has 180 valence electrons. The quantitative estimate of drug-likeness (QED) is 0.249. The lowest BCUT2D eigenvalue weighted by Gasteiger charge is -2.22. The zero-order valence-corrected chi connectivity index (χ0v) is 19.7. The fraction of sp³-hybridized carbons (Fsp3) is 0.154. The van der Waals surface area contributed by atoms with E-state index in [0.29, 0.717) is 33.9 Å². The summed E-state index contributed by atoms with van der Waals surface area (Å²) >= 11 is 5.93. The predicted molar refractivity (Wildman–Crippen MR) is 137 cm³/mol. The molecule has 10 heteroatoms. The van der Waals surface area contributed by atoms with Gasteiger partial charge < -0.3 is 20.0 Å². The van der Waals surface area contributed by atoms with Gasteiger partial charge in [0.25, 0.3) is 5.91 Å². The molecule has 3 heterocycles. The number of hydrogen-bond donors (Lipinski definition) is 2. The Bertz CT molecular complexity index is 1510. The maximum absolute atomic E-state index is 13.6. The van der Waals surface area contributed by atoms with Crippen LogP contribution in [0.2, 0.25) is 5.02 Å². The minimum absolute atomic E-state index is 0.0185. The van der Waals surface area contributed by atoms with Gasteiger partial charge in [0, 0.05) is 30.2 Å². The molecule has 36 heavy (non-hydrogen) atoms. The highest BCUT2D eigenvalue weighted by molar-refractivity contribution is 6.31. The van der Waals surface area contributed by atoms with E-state index in [1.165, 1.54) is 30.8 Å². The molecule has 0 aliphatic carbocycles. The van der Waals surface area contributed by atoms with Crippen LogP contribution in [0.3, 0.4) is 0 Å². The smallest absolute Gasteiger partial charge is 0.266 e. The van der Waals surface area contributed by atoms with E-state index in [9.17, 15) is 14.4 Å². The van der Waals surface area contributed by atoms with Gasteiger partial charge in [-0.05, 0) is 55.3 Å². The third kappa shape index (κ3) is 4.85. The lowest BCUT2D eigenvalue weighted by atomic mass is 10.1. The van der Waals surface area contributed by atoms with Crippen LogP contribution in [0.4, 0.5) is 27.3 Å². The number of anilines is 4. The highest BCUT2D eigenvalue weighted by Gasteiger charge is 2.21. The molecule has 2 N–H and O–H groups in total. The number of carbonyl (C=O) groups is 1. The van der Waals surface area contributed by atoms with E-state index in [2.05, 4.69) is 25.5 Å². The lowest BCUT2D eigenvalue weighted by Crippen LogP contribution is -2.21. The van der Waals surface area contributed by atoms with Crippen molar-refractivity contribution in [3.05, 3.63) is 77.2 Å².